The monoisotopic (exact) mass is 414 g/mol. The summed E-state index contributed by atoms with van der Waals surface area (Å²) in [5.74, 6) is -0.549. The highest BCUT2D eigenvalue weighted by Crippen LogP contribution is 2.30. The minimum atomic E-state index is -0.623. The van der Waals surface area contributed by atoms with Gasteiger partial charge in [0.1, 0.15) is 11.0 Å². The number of carbonyl (C=O) groups is 2. The molecule has 9 nitrogen and oxygen atoms in total. The van der Waals surface area contributed by atoms with E-state index in [-0.39, 0.29) is 23.8 Å². The zero-order valence-electron chi connectivity index (χ0n) is 15.7. The molecule has 1 fully saturated rings. The lowest BCUT2D eigenvalue weighted by molar-refractivity contribution is -0.384. The van der Waals surface area contributed by atoms with Crippen LogP contribution in [-0.4, -0.2) is 34.3 Å². The van der Waals surface area contributed by atoms with Crippen molar-refractivity contribution in [3.8, 4) is 5.75 Å². The van der Waals surface area contributed by atoms with Crippen LogP contribution in [0.25, 0.3) is 0 Å². The van der Waals surface area contributed by atoms with Gasteiger partial charge in [-0.15, -0.1) is 0 Å². The Balaban J connectivity index is 1.65. The predicted octanol–water partition coefficient (Wildman–Crippen LogP) is 3.16. The first-order valence-corrected chi connectivity index (χ1v) is 9.49. The summed E-state index contributed by atoms with van der Waals surface area (Å²) in [6.07, 6.45) is -0.0799. The number of nitrogens with one attached hydrogen (secondary N) is 2. The number of aryl methyl sites for hydroxylation is 1. The fraction of sp³-hybridized carbons (Fsp3) is 0.211. The lowest BCUT2D eigenvalue weighted by Crippen LogP contribution is -2.28. The van der Waals surface area contributed by atoms with Gasteiger partial charge in [0.15, 0.2) is 5.17 Å². The van der Waals surface area contributed by atoms with E-state index in [1.807, 2.05) is 31.2 Å². The van der Waals surface area contributed by atoms with Crippen molar-refractivity contribution in [1.82, 2.24) is 5.32 Å². The molecule has 150 valence electrons. The van der Waals surface area contributed by atoms with Crippen LogP contribution in [0.15, 0.2) is 47.5 Å². The van der Waals surface area contributed by atoms with Crippen molar-refractivity contribution in [2.24, 2.45) is 4.99 Å². The molecule has 29 heavy (non-hydrogen) atoms. The fourth-order valence-electron chi connectivity index (χ4n) is 2.67. The van der Waals surface area contributed by atoms with Crippen molar-refractivity contribution in [3.05, 3.63) is 58.1 Å². The normalized spacial score (nSPS) is 17.1. The van der Waals surface area contributed by atoms with E-state index in [9.17, 15) is 19.7 Å². The van der Waals surface area contributed by atoms with Gasteiger partial charge in [-0.1, -0.05) is 23.9 Å². The van der Waals surface area contributed by atoms with Gasteiger partial charge in [0.2, 0.25) is 11.8 Å². The highest BCUT2D eigenvalue weighted by Gasteiger charge is 2.32. The summed E-state index contributed by atoms with van der Waals surface area (Å²) in [6.45, 7) is 1.95. The quantitative estimate of drug-likeness (QED) is 0.553. The Morgan fingerprint density at radius 2 is 2.14 bits per heavy atom. The molecule has 1 saturated heterocycles. The molecule has 2 N–H and O–H groups in total. The Morgan fingerprint density at radius 3 is 2.83 bits per heavy atom. The van der Waals surface area contributed by atoms with Gasteiger partial charge in [-0.2, -0.15) is 0 Å². The number of carbonyl (C=O) groups excluding carboxylic acids is 2. The second-order valence-electron chi connectivity index (χ2n) is 6.25. The number of hydrogen-bond acceptors (Lipinski definition) is 7. The van der Waals surface area contributed by atoms with E-state index < -0.39 is 16.1 Å². The number of non-ortho nitro benzene ring substituents is 1. The number of amidine groups is 1. The fourth-order valence-corrected chi connectivity index (χ4v) is 3.66. The van der Waals surface area contributed by atoms with Crippen LogP contribution in [0, 0.1) is 17.0 Å². The summed E-state index contributed by atoms with van der Waals surface area (Å²) < 4.78 is 5.10. The molecule has 1 aliphatic heterocycles. The first kappa shape index (κ1) is 20.3. The van der Waals surface area contributed by atoms with Gasteiger partial charge in [-0.3, -0.25) is 19.7 Å². The maximum Gasteiger partial charge on any atom is 0.273 e. The van der Waals surface area contributed by atoms with Gasteiger partial charge in [0.05, 0.1) is 29.5 Å². The number of nitrogens with zero attached hydrogens (tertiary/aromatic N) is 2. The Bertz CT molecular complexity index is 1010. The summed E-state index contributed by atoms with van der Waals surface area (Å²) >= 11 is 1.18. The molecule has 0 unspecified atom stereocenters. The summed E-state index contributed by atoms with van der Waals surface area (Å²) in [5, 5.41) is 16.0. The van der Waals surface area contributed by atoms with E-state index in [2.05, 4.69) is 15.6 Å². The number of aliphatic imine (C=N–C) groups is 1. The summed E-state index contributed by atoms with van der Waals surface area (Å²) in [7, 11) is 1.35. The molecule has 10 heteroatoms. The van der Waals surface area contributed by atoms with Crippen LogP contribution >= 0.6 is 11.8 Å². The van der Waals surface area contributed by atoms with Gasteiger partial charge < -0.3 is 15.4 Å². The molecule has 0 saturated carbocycles. The molecule has 1 heterocycles. The third kappa shape index (κ3) is 5.11. The third-order valence-electron chi connectivity index (χ3n) is 4.05. The van der Waals surface area contributed by atoms with E-state index in [1.165, 1.54) is 37.1 Å². The van der Waals surface area contributed by atoms with Crippen molar-refractivity contribution in [2.45, 2.75) is 18.6 Å². The average molecular weight is 414 g/mol. The Kier molecular flexibility index (Phi) is 6.13. The molecular formula is C19H18N4O5S. The maximum absolute atomic E-state index is 12.4. The second kappa shape index (κ2) is 8.74. The van der Waals surface area contributed by atoms with Crippen molar-refractivity contribution in [1.29, 1.82) is 0 Å². The SMILES string of the molecule is COc1cc([N+](=O)[O-])ccc1NC(=O)C[C@@H]1SC(=Nc2cccc(C)c2)NC1=O. The third-order valence-corrected chi connectivity index (χ3v) is 5.13. The molecule has 2 amide bonds. The number of nitro benzene ring substituents is 1. The maximum atomic E-state index is 12.4. The van der Waals surface area contributed by atoms with Crippen molar-refractivity contribution >= 4 is 45.8 Å². The number of hydrogen-bond donors (Lipinski definition) is 2. The Labute approximate surface area is 170 Å². The number of benzene rings is 2. The first-order valence-electron chi connectivity index (χ1n) is 8.61. The van der Waals surface area contributed by atoms with Crippen LogP contribution in [0.4, 0.5) is 17.1 Å². The molecule has 3 rings (SSSR count). The van der Waals surface area contributed by atoms with Crippen LogP contribution in [-0.2, 0) is 9.59 Å². The minimum Gasteiger partial charge on any atom is -0.494 e. The number of methoxy groups -OCH3 is 1. The smallest absolute Gasteiger partial charge is 0.273 e. The molecule has 0 bridgehead atoms. The number of thioether (sulfide) groups is 1. The minimum absolute atomic E-state index is 0.0799. The van der Waals surface area contributed by atoms with Crippen LogP contribution in [0.2, 0.25) is 0 Å². The standard InChI is InChI=1S/C19H18N4O5S/c1-11-4-3-5-12(8-11)20-19-22-18(25)16(29-19)10-17(24)21-14-7-6-13(23(26)27)9-15(14)28-2/h3-9,16H,10H2,1-2H3,(H,21,24)(H,20,22,25)/t16-/m0/s1. The summed E-state index contributed by atoms with van der Waals surface area (Å²) in [4.78, 5) is 39.3. The summed E-state index contributed by atoms with van der Waals surface area (Å²) in [5.41, 5.74) is 1.91. The lowest BCUT2D eigenvalue weighted by atomic mass is 10.2. The number of amides is 2. The largest absolute Gasteiger partial charge is 0.494 e. The van der Waals surface area contributed by atoms with Crippen LogP contribution < -0.4 is 15.4 Å². The molecule has 0 spiro atoms. The van der Waals surface area contributed by atoms with E-state index in [4.69, 9.17) is 4.74 Å². The average Bonchev–Trinajstić information content (AvgIpc) is 3.00. The molecule has 0 aliphatic carbocycles. The Hall–Kier alpha value is -3.40. The Morgan fingerprint density at radius 1 is 1.34 bits per heavy atom. The number of anilines is 1. The van der Waals surface area contributed by atoms with Crippen molar-refractivity contribution < 1.29 is 19.2 Å². The van der Waals surface area contributed by atoms with Gasteiger partial charge >= 0.3 is 0 Å². The molecule has 0 radical (unpaired) electrons. The summed E-state index contributed by atoms with van der Waals surface area (Å²) in [6, 6.07) is 11.4. The van der Waals surface area contributed by atoms with E-state index >= 15 is 0 Å². The molecule has 0 aromatic heterocycles. The lowest BCUT2D eigenvalue weighted by Gasteiger charge is -2.11. The molecule has 1 aliphatic rings. The van der Waals surface area contributed by atoms with Crippen molar-refractivity contribution in [3.63, 3.8) is 0 Å². The number of ether oxygens (including phenoxy) is 1. The van der Waals surface area contributed by atoms with Crippen molar-refractivity contribution in [2.75, 3.05) is 12.4 Å². The number of nitro groups is 1. The number of rotatable bonds is 6. The molecular weight excluding hydrogens is 396 g/mol. The first-order chi connectivity index (χ1) is 13.9. The predicted molar refractivity (Wildman–Crippen MR) is 111 cm³/mol. The zero-order chi connectivity index (χ0) is 21.0. The molecule has 2 aromatic carbocycles. The topological polar surface area (TPSA) is 123 Å². The highest BCUT2D eigenvalue weighted by atomic mass is 32.2. The van der Waals surface area contributed by atoms with Crippen LogP contribution in [0.3, 0.4) is 0 Å². The van der Waals surface area contributed by atoms with Crippen LogP contribution in [0.5, 0.6) is 5.75 Å². The van der Waals surface area contributed by atoms with Gasteiger partial charge in [-0.25, -0.2) is 4.99 Å². The zero-order valence-corrected chi connectivity index (χ0v) is 16.5. The van der Waals surface area contributed by atoms with Crippen LogP contribution in [0.1, 0.15) is 12.0 Å². The van der Waals surface area contributed by atoms with E-state index in [0.717, 1.165) is 5.56 Å². The van der Waals surface area contributed by atoms with E-state index in [0.29, 0.717) is 16.5 Å². The van der Waals surface area contributed by atoms with E-state index in [1.54, 1.807) is 0 Å². The van der Waals surface area contributed by atoms with Gasteiger partial charge in [0.25, 0.3) is 5.69 Å². The molecule has 2 aromatic rings. The second-order valence-corrected chi connectivity index (χ2v) is 7.44. The highest BCUT2D eigenvalue weighted by molar-refractivity contribution is 8.15. The van der Waals surface area contributed by atoms with Gasteiger partial charge in [0, 0.05) is 12.5 Å². The van der Waals surface area contributed by atoms with Gasteiger partial charge in [-0.05, 0) is 30.7 Å². The molecule has 1 atom stereocenters.